The molecule has 2 aromatic heterocycles. The van der Waals surface area contributed by atoms with Gasteiger partial charge in [0.25, 0.3) is 5.91 Å². The normalized spacial score (nSPS) is 12.1. The van der Waals surface area contributed by atoms with Crippen LogP contribution in [0.15, 0.2) is 42.6 Å². The Labute approximate surface area is 167 Å². The molecule has 7 nitrogen and oxygen atoms in total. The van der Waals surface area contributed by atoms with Gasteiger partial charge in [-0.1, -0.05) is 19.9 Å². The van der Waals surface area contributed by atoms with E-state index in [1.54, 1.807) is 35.9 Å². The second-order valence-corrected chi connectivity index (χ2v) is 6.98. The zero-order valence-corrected chi connectivity index (χ0v) is 16.3. The van der Waals surface area contributed by atoms with Gasteiger partial charge in [-0.3, -0.25) is 10.0 Å². The molecule has 2 N–H and O–H groups in total. The number of methoxy groups -OCH3 is 1. The Kier molecular flexibility index (Phi) is 6.23. The molecule has 3 aromatic rings. The lowest BCUT2D eigenvalue weighted by Crippen LogP contribution is -2.28. The second-order valence-electron chi connectivity index (χ2n) is 6.98. The maximum atomic E-state index is 14.8. The van der Waals surface area contributed by atoms with Crippen molar-refractivity contribution in [3.63, 3.8) is 0 Å². The van der Waals surface area contributed by atoms with Gasteiger partial charge in [0.05, 0.1) is 18.4 Å². The Morgan fingerprint density at radius 2 is 2.03 bits per heavy atom. The second kappa shape index (κ2) is 8.83. The number of ether oxygens (including phenoxy) is 2. The molecule has 0 aliphatic heterocycles. The summed E-state index contributed by atoms with van der Waals surface area (Å²) in [5.41, 5.74) is 2.26. The van der Waals surface area contributed by atoms with Crippen molar-refractivity contribution >= 4 is 16.9 Å². The highest BCUT2D eigenvalue weighted by Crippen LogP contribution is 2.32. The Morgan fingerprint density at radius 1 is 1.24 bits per heavy atom. The zero-order chi connectivity index (χ0) is 21.0. The van der Waals surface area contributed by atoms with Crippen LogP contribution in [0.4, 0.5) is 4.39 Å². The molecule has 8 heteroatoms. The summed E-state index contributed by atoms with van der Waals surface area (Å²) >= 11 is 0. The summed E-state index contributed by atoms with van der Waals surface area (Å²) in [6, 6.07) is 9.40. The average Bonchev–Trinajstić information content (AvgIpc) is 2.71. The van der Waals surface area contributed by atoms with E-state index in [9.17, 15) is 9.18 Å². The molecule has 3 rings (SSSR count). The summed E-state index contributed by atoms with van der Waals surface area (Å²) in [4.78, 5) is 20.4. The van der Waals surface area contributed by atoms with Crippen LogP contribution in [0.25, 0.3) is 11.0 Å². The first-order chi connectivity index (χ1) is 13.9. The highest BCUT2D eigenvalue weighted by Gasteiger charge is 2.25. The SMILES string of the molecule is COc1ccc2c(Oc3ccc(C(CC(C)C)C(=O)NO)c(F)c3)ccnc2n1. The minimum absolute atomic E-state index is 0.139. The number of fused-ring (bicyclic) bond motifs is 1. The number of hydroxylamine groups is 1. The van der Waals surface area contributed by atoms with Crippen molar-refractivity contribution in [3.8, 4) is 17.4 Å². The summed E-state index contributed by atoms with van der Waals surface area (Å²) in [6.45, 7) is 3.84. The molecule has 0 fully saturated rings. The predicted octanol–water partition coefficient (Wildman–Crippen LogP) is 4.20. The first-order valence-electron chi connectivity index (χ1n) is 9.14. The fraction of sp³-hybridized carbons (Fsp3) is 0.286. The van der Waals surface area contributed by atoms with E-state index >= 15 is 0 Å². The van der Waals surface area contributed by atoms with Crippen LogP contribution < -0.4 is 15.0 Å². The van der Waals surface area contributed by atoms with Gasteiger partial charge in [0, 0.05) is 23.9 Å². The highest BCUT2D eigenvalue weighted by molar-refractivity contribution is 5.83. The number of benzene rings is 1. The summed E-state index contributed by atoms with van der Waals surface area (Å²) < 4.78 is 25.7. The lowest BCUT2D eigenvalue weighted by atomic mass is 9.89. The Bertz CT molecular complexity index is 1030. The van der Waals surface area contributed by atoms with E-state index < -0.39 is 17.6 Å². The maximum Gasteiger partial charge on any atom is 0.250 e. The molecule has 0 saturated carbocycles. The van der Waals surface area contributed by atoms with Gasteiger partial charge in [0.1, 0.15) is 17.3 Å². The largest absolute Gasteiger partial charge is 0.481 e. The number of halogens is 1. The van der Waals surface area contributed by atoms with Crippen LogP contribution in [-0.2, 0) is 4.79 Å². The molecular weight excluding hydrogens is 377 g/mol. The third-order valence-corrected chi connectivity index (χ3v) is 4.46. The quantitative estimate of drug-likeness (QED) is 0.457. The van der Waals surface area contributed by atoms with Gasteiger partial charge >= 0.3 is 0 Å². The van der Waals surface area contributed by atoms with Crippen molar-refractivity contribution < 1.29 is 23.9 Å². The van der Waals surface area contributed by atoms with Gasteiger partial charge in [-0.15, -0.1) is 0 Å². The van der Waals surface area contributed by atoms with Gasteiger partial charge in [0.15, 0.2) is 5.65 Å². The van der Waals surface area contributed by atoms with Crippen molar-refractivity contribution in [2.45, 2.75) is 26.2 Å². The molecular formula is C21H22FN3O4. The molecule has 0 spiro atoms. The monoisotopic (exact) mass is 399 g/mol. The van der Waals surface area contributed by atoms with Gasteiger partial charge in [-0.05, 0) is 30.5 Å². The van der Waals surface area contributed by atoms with Crippen LogP contribution in [0, 0.1) is 11.7 Å². The molecule has 2 heterocycles. The molecule has 152 valence electrons. The van der Waals surface area contributed by atoms with Gasteiger partial charge in [0.2, 0.25) is 5.88 Å². The summed E-state index contributed by atoms with van der Waals surface area (Å²) in [5.74, 6) is -0.739. The fourth-order valence-corrected chi connectivity index (χ4v) is 3.10. The lowest BCUT2D eigenvalue weighted by molar-refractivity contribution is -0.131. The van der Waals surface area contributed by atoms with Crippen molar-refractivity contribution in [2.75, 3.05) is 7.11 Å². The van der Waals surface area contributed by atoms with Crippen LogP contribution in [0.5, 0.6) is 17.4 Å². The van der Waals surface area contributed by atoms with Crippen LogP contribution in [0.1, 0.15) is 31.7 Å². The van der Waals surface area contributed by atoms with E-state index in [-0.39, 0.29) is 17.2 Å². The third kappa shape index (κ3) is 4.60. The number of nitrogens with one attached hydrogen (secondary N) is 1. The van der Waals surface area contributed by atoms with Gasteiger partial charge in [-0.2, -0.15) is 4.98 Å². The number of amides is 1. The van der Waals surface area contributed by atoms with Crippen LogP contribution >= 0.6 is 0 Å². The molecule has 29 heavy (non-hydrogen) atoms. The van der Waals surface area contributed by atoms with E-state index in [0.717, 1.165) is 0 Å². The lowest BCUT2D eigenvalue weighted by Gasteiger charge is -2.18. The smallest absolute Gasteiger partial charge is 0.250 e. The van der Waals surface area contributed by atoms with Crippen molar-refractivity contribution in [1.29, 1.82) is 0 Å². The zero-order valence-electron chi connectivity index (χ0n) is 16.3. The molecule has 0 aliphatic carbocycles. The topological polar surface area (TPSA) is 93.6 Å². The van der Waals surface area contributed by atoms with Crippen molar-refractivity contribution in [2.24, 2.45) is 5.92 Å². The summed E-state index contributed by atoms with van der Waals surface area (Å²) in [7, 11) is 1.52. The van der Waals surface area contributed by atoms with E-state index in [2.05, 4.69) is 9.97 Å². The molecule has 0 bridgehead atoms. The molecule has 0 radical (unpaired) electrons. The van der Waals surface area contributed by atoms with Gasteiger partial charge in [-0.25, -0.2) is 14.9 Å². The maximum absolute atomic E-state index is 14.8. The first kappa shape index (κ1) is 20.5. The van der Waals surface area contributed by atoms with E-state index in [1.807, 2.05) is 13.8 Å². The van der Waals surface area contributed by atoms with E-state index in [1.165, 1.54) is 19.2 Å². The first-order valence-corrected chi connectivity index (χ1v) is 9.14. The van der Waals surface area contributed by atoms with Crippen LogP contribution in [-0.4, -0.2) is 28.2 Å². The number of aromatic nitrogens is 2. The number of carbonyl (C=O) groups is 1. The Hall–Kier alpha value is -3.26. The minimum Gasteiger partial charge on any atom is -0.481 e. The van der Waals surface area contributed by atoms with Crippen LogP contribution in [0.3, 0.4) is 0 Å². The number of pyridine rings is 2. The summed E-state index contributed by atoms with van der Waals surface area (Å²) in [5, 5.41) is 9.64. The van der Waals surface area contributed by atoms with E-state index in [0.29, 0.717) is 29.1 Å². The Balaban J connectivity index is 1.91. The molecule has 0 saturated heterocycles. The minimum atomic E-state index is -0.799. The van der Waals surface area contributed by atoms with E-state index in [4.69, 9.17) is 14.7 Å². The average molecular weight is 399 g/mol. The summed E-state index contributed by atoms with van der Waals surface area (Å²) in [6.07, 6.45) is 1.94. The Morgan fingerprint density at radius 3 is 2.69 bits per heavy atom. The number of carbonyl (C=O) groups excluding carboxylic acids is 1. The number of hydrogen-bond donors (Lipinski definition) is 2. The number of hydrogen-bond acceptors (Lipinski definition) is 6. The van der Waals surface area contributed by atoms with Crippen LogP contribution in [0.2, 0.25) is 0 Å². The highest BCUT2D eigenvalue weighted by atomic mass is 19.1. The fourth-order valence-electron chi connectivity index (χ4n) is 3.10. The predicted molar refractivity (Wildman–Crippen MR) is 105 cm³/mol. The molecule has 0 aliphatic rings. The standard InChI is InChI=1S/C21H22FN3O4/c1-12(2)10-16(21(26)25-27)14-5-4-13(11-17(14)22)29-18-8-9-23-20-15(18)6-7-19(24-20)28-3/h4-9,11-12,16,27H,10H2,1-3H3,(H,25,26). The molecule has 1 aromatic carbocycles. The van der Waals surface area contributed by atoms with Crippen molar-refractivity contribution in [3.05, 3.63) is 54.0 Å². The van der Waals surface area contributed by atoms with Crippen molar-refractivity contribution in [1.82, 2.24) is 15.4 Å². The molecule has 1 atom stereocenters. The number of rotatable bonds is 7. The van der Waals surface area contributed by atoms with Gasteiger partial charge < -0.3 is 9.47 Å². The number of nitrogens with zero attached hydrogens (tertiary/aromatic N) is 2. The third-order valence-electron chi connectivity index (χ3n) is 4.46. The molecule has 1 unspecified atom stereocenters. The molecule has 1 amide bonds.